The molecule has 0 bridgehead atoms. The van der Waals surface area contributed by atoms with Gasteiger partial charge in [-0.3, -0.25) is 0 Å². The Morgan fingerprint density at radius 1 is 0.950 bits per heavy atom. The quantitative estimate of drug-likeness (QED) is 0.433. The number of nitrogens with zero attached hydrogens (tertiary/aromatic N) is 3. The molecule has 3 heterocycles. The molecule has 3 aromatic heterocycles. The Hall–Kier alpha value is -2.95. The van der Waals surface area contributed by atoms with Gasteiger partial charge in [0.25, 0.3) is 0 Å². The molecule has 0 aliphatic heterocycles. The van der Waals surface area contributed by atoms with Crippen molar-refractivity contribution in [2.24, 2.45) is 0 Å². The first-order valence-electron chi connectivity index (χ1n) is 6.29. The Morgan fingerprint density at radius 3 is 2.75 bits per heavy atom. The summed E-state index contributed by atoms with van der Waals surface area (Å²) in [6, 6.07) is 10.1. The van der Waals surface area contributed by atoms with Crippen LogP contribution in [0.5, 0.6) is 0 Å². The van der Waals surface area contributed by atoms with Crippen LogP contribution in [0.3, 0.4) is 0 Å². The van der Waals surface area contributed by atoms with Crippen LogP contribution in [0.4, 0.5) is 0 Å². The minimum Gasteiger partial charge on any atom is -0.389 e. The molecule has 0 fully saturated rings. The summed E-state index contributed by atoms with van der Waals surface area (Å²) in [6.07, 6.45) is 3.23. The van der Waals surface area contributed by atoms with Gasteiger partial charge in [-0.1, -0.05) is 18.2 Å². The Morgan fingerprint density at radius 2 is 1.80 bits per heavy atom. The summed E-state index contributed by atoms with van der Waals surface area (Å²) in [7, 11) is 0. The molecule has 94 valence electrons. The lowest BCUT2D eigenvalue weighted by atomic mass is 10.1. The predicted octanol–water partition coefficient (Wildman–Crippen LogP) is 3.41. The summed E-state index contributed by atoms with van der Waals surface area (Å²) in [4.78, 5) is 13.5. The number of imidazole rings is 1. The lowest BCUT2D eigenvalue weighted by Crippen LogP contribution is -1.86. The first-order valence-corrected chi connectivity index (χ1v) is 6.29. The van der Waals surface area contributed by atoms with Crippen LogP contribution in [0.15, 0.2) is 47.4 Å². The third-order valence-corrected chi connectivity index (χ3v) is 3.68. The average Bonchev–Trinajstić information content (AvgIpc) is 3.14. The summed E-state index contributed by atoms with van der Waals surface area (Å²) < 4.78 is 5.23. The van der Waals surface area contributed by atoms with Crippen LogP contribution in [0, 0.1) is 0 Å². The summed E-state index contributed by atoms with van der Waals surface area (Å²) in [5, 5.41) is 5.89. The van der Waals surface area contributed by atoms with E-state index in [4.69, 9.17) is 9.51 Å². The van der Waals surface area contributed by atoms with Crippen molar-refractivity contribution >= 4 is 43.7 Å². The fourth-order valence-corrected chi connectivity index (χ4v) is 2.76. The molecule has 5 heteroatoms. The SMILES string of the molecule is c1ccc2nc3c(cc2c1)c1ncnc1c1co[nH]c13. The molecule has 0 saturated carbocycles. The zero-order chi connectivity index (χ0) is 13.1. The van der Waals surface area contributed by atoms with Gasteiger partial charge in [0, 0.05) is 10.8 Å². The molecular formula is C15H8N4O. The van der Waals surface area contributed by atoms with Crippen molar-refractivity contribution in [3.05, 3.63) is 42.9 Å². The number of fused-ring (bicyclic) bond motifs is 7. The van der Waals surface area contributed by atoms with Crippen molar-refractivity contribution < 1.29 is 4.52 Å². The van der Waals surface area contributed by atoms with E-state index in [1.54, 1.807) is 12.6 Å². The zero-order valence-electron chi connectivity index (χ0n) is 10.3. The topological polar surface area (TPSA) is 67.6 Å². The summed E-state index contributed by atoms with van der Waals surface area (Å²) in [5.41, 5.74) is 4.38. The van der Waals surface area contributed by atoms with E-state index in [0.717, 1.165) is 43.7 Å². The standard InChI is InChI=1S/C15H8N4O/c1-2-4-11-8(3-1)5-9-12-13(17-7-16-12)10-6-20-19-15(10)14(9)18-11/h1-7,19H. The molecule has 1 N–H and O–H groups in total. The summed E-state index contributed by atoms with van der Waals surface area (Å²) >= 11 is 0. The van der Waals surface area contributed by atoms with Crippen LogP contribution >= 0.6 is 0 Å². The van der Waals surface area contributed by atoms with E-state index < -0.39 is 0 Å². The number of aromatic nitrogens is 4. The number of pyridine rings is 1. The maximum atomic E-state index is 5.23. The van der Waals surface area contributed by atoms with E-state index in [-0.39, 0.29) is 0 Å². The smallest absolute Gasteiger partial charge is 0.130 e. The molecule has 5 aromatic rings. The second kappa shape index (κ2) is 3.33. The van der Waals surface area contributed by atoms with Crippen LogP contribution in [0.1, 0.15) is 0 Å². The molecule has 5 nitrogen and oxygen atoms in total. The molecule has 0 atom stereocenters. The van der Waals surface area contributed by atoms with Crippen molar-refractivity contribution in [2.45, 2.75) is 0 Å². The van der Waals surface area contributed by atoms with Gasteiger partial charge in [-0.05, 0) is 12.1 Å². The Balaban J connectivity index is 2.19. The molecule has 0 radical (unpaired) electrons. The van der Waals surface area contributed by atoms with E-state index >= 15 is 0 Å². The summed E-state index contributed by atoms with van der Waals surface area (Å²) in [5.74, 6) is 0. The van der Waals surface area contributed by atoms with Crippen LogP contribution in [-0.4, -0.2) is 20.1 Å². The number of benzene rings is 2. The molecule has 0 aliphatic rings. The number of para-hydroxylation sites is 1. The number of hydrogen-bond acceptors (Lipinski definition) is 4. The number of H-pyrrole nitrogens is 1. The maximum Gasteiger partial charge on any atom is 0.130 e. The predicted molar refractivity (Wildman–Crippen MR) is 76.5 cm³/mol. The maximum absolute atomic E-state index is 5.23. The number of rotatable bonds is 0. The normalized spacial score (nSPS) is 12.0. The van der Waals surface area contributed by atoms with Gasteiger partial charge >= 0.3 is 0 Å². The summed E-state index contributed by atoms with van der Waals surface area (Å²) in [6.45, 7) is 0. The minimum absolute atomic E-state index is 0.842. The lowest BCUT2D eigenvalue weighted by Gasteiger charge is -2.03. The Bertz CT molecular complexity index is 1020. The van der Waals surface area contributed by atoms with Crippen molar-refractivity contribution in [3.8, 4) is 0 Å². The van der Waals surface area contributed by atoms with Crippen molar-refractivity contribution in [3.63, 3.8) is 0 Å². The van der Waals surface area contributed by atoms with Gasteiger partial charge in [-0.15, -0.1) is 0 Å². The lowest BCUT2D eigenvalue weighted by molar-refractivity contribution is 0.428. The first kappa shape index (κ1) is 9.91. The Labute approximate surface area is 112 Å². The van der Waals surface area contributed by atoms with E-state index in [2.05, 4.69) is 21.2 Å². The van der Waals surface area contributed by atoms with Crippen molar-refractivity contribution in [2.75, 3.05) is 0 Å². The molecule has 0 unspecified atom stereocenters. The van der Waals surface area contributed by atoms with E-state index in [1.807, 2.05) is 24.3 Å². The number of hydrogen-bond donors (Lipinski definition) is 1. The van der Waals surface area contributed by atoms with Gasteiger partial charge in [-0.25, -0.2) is 20.1 Å². The van der Waals surface area contributed by atoms with E-state index in [0.29, 0.717) is 0 Å². The van der Waals surface area contributed by atoms with Gasteiger partial charge in [-0.2, -0.15) is 0 Å². The molecular weight excluding hydrogens is 252 g/mol. The largest absolute Gasteiger partial charge is 0.389 e. The highest BCUT2D eigenvalue weighted by Gasteiger charge is 2.14. The Kier molecular flexibility index (Phi) is 1.65. The highest BCUT2D eigenvalue weighted by Crippen LogP contribution is 2.32. The van der Waals surface area contributed by atoms with Crippen LogP contribution < -0.4 is 0 Å². The highest BCUT2D eigenvalue weighted by atomic mass is 16.5. The molecule has 0 amide bonds. The van der Waals surface area contributed by atoms with Crippen LogP contribution in [0.2, 0.25) is 0 Å². The van der Waals surface area contributed by atoms with Crippen LogP contribution in [0.25, 0.3) is 43.7 Å². The second-order valence-corrected chi connectivity index (χ2v) is 4.77. The molecule has 0 saturated heterocycles. The monoisotopic (exact) mass is 260 g/mol. The molecule has 2 aromatic carbocycles. The number of nitrogens with one attached hydrogen (secondary N) is 1. The zero-order valence-corrected chi connectivity index (χ0v) is 10.3. The molecule has 0 aliphatic carbocycles. The van der Waals surface area contributed by atoms with Gasteiger partial charge in [0.1, 0.15) is 34.7 Å². The fourth-order valence-electron chi connectivity index (χ4n) is 2.76. The third kappa shape index (κ3) is 1.10. The first-order chi connectivity index (χ1) is 9.92. The molecule has 0 spiro atoms. The minimum atomic E-state index is 0.842. The third-order valence-electron chi connectivity index (χ3n) is 3.68. The fraction of sp³-hybridized carbons (Fsp3) is 0. The van der Waals surface area contributed by atoms with Gasteiger partial charge < -0.3 is 4.52 Å². The highest BCUT2D eigenvalue weighted by molar-refractivity contribution is 6.21. The second-order valence-electron chi connectivity index (χ2n) is 4.77. The molecule has 20 heavy (non-hydrogen) atoms. The van der Waals surface area contributed by atoms with Crippen molar-refractivity contribution in [1.82, 2.24) is 20.1 Å². The van der Waals surface area contributed by atoms with E-state index in [9.17, 15) is 0 Å². The number of aromatic amines is 1. The average molecular weight is 260 g/mol. The van der Waals surface area contributed by atoms with Crippen LogP contribution in [-0.2, 0) is 0 Å². The molecule has 5 rings (SSSR count). The van der Waals surface area contributed by atoms with Gasteiger partial charge in [0.2, 0.25) is 0 Å². The van der Waals surface area contributed by atoms with Gasteiger partial charge in [0.05, 0.1) is 10.9 Å². The van der Waals surface area contributed by atoms with Gasteiger partial charge in [0.15, 0.2) is 0 Å². The van der Waals surface area contributed by atoms with E-state index in [1.165, 1.54) is 0 Å². The van der Waals surface area contributed by atoms with Crippen molar-refractivity contribution in [1.29, 1.82) is 0 Å².